The summed E-state index contributed by atoms with van der Waals surface area (Å²) in [5.74, 6) is 1.32. The highest BCUT2D eigenvalue weighted by Gasteiger charge is 2.20. The molecule has 6 nitrogen and oxygen atoms in total. The van der Waals surface area contributed by atoms with E-state index in [1.54, 1.807) is 29.1 Å². The first-order chi connectivity index (χ1) is 10.6. The van der Waals surface area contributed by atoms with E-state index < -0.39 is 0 Å². The van der Waals surface area contributed by atoms with Gasteiger partial charge in [0.2, 0.25) is 0 Å². The highest BCUT2D eigenvalue weighted by atomic mass is 35.5. The van der Waals surface area contributed by atoms with E-state index in [0.717, 1.165) is 0 Å². The first kappa shape index (κ1) is 14.7. The van der Waals surface area contributed by atoms with Crippen LogP contribution in [0.15, 0.2) is 24.4 Å². The van der Waals surface area contributed by atoms with Crippen molar-refractivity contribution < 1.29 is 14.3 Å². The van der Waals surface area contributed by atoms with Gasteiger partial charge >= 0.3 is 0 Å². The Morgan fingerprint density at radius 2 is 2.14 bits per heavy atom. The van der Waals surface area contributed by atoms with Gasteiger partial charge in [0.05, 0.1) is 11.2 Å². The maximum Gasteiger partial charge on any atom is 0.257 e. The molecule has 1 aliphatic rings. The Hall–Kier alpha value is -2.21. The number of aromatic nitrogens is 2. The Labute approximate surface area is 133 Å². The molecule has 1 N–H and O–H groups in total. The standard InChI is InChI=1S/C15H16ClN3O3/c1-9(2)19-13(3-4-17-19)18-15(20)10-7-11(16)14-12(8-10)21-5-6-22-14/h3-4,7-9H,5-6H2,1-2H3,(H,18,20). The SMILES string of the molecule is CC(C)n1nccc1NC(=O)c1cc(Cl)c2c(c1)OCCO2. The highest BCUT2D eigenvalue weighted by molar-refractivity contribution is 6.32. The molecule has 2 heterocycles. The normalized spacial score (nSPS) is 13.3. The lowest BCUT2D eigenvalue weighted by molar-refractivity contribution is 0.102. The quantitative estimate of drug-likeness (QED) is 0.943. The molecule has 116 valence electrons. The molecule has 1 aromatic carbocycles. The van der Waals surface area contributed by atoms with Crippen LogP contribution in [0.25, 0.3) is 0 Å². The molecule has 22 heavy (non-hydrogen) atoms. The molecular weight excluding hydrogens is 306 g/mol. The maximum atomic E-state index is 12.4. The molecule has 0 atom stereocenters. The van der Waals surface area contributed by atoms with Crippen molar-refractivity contribution in [2.75, 3.05) is 18.5 Å². The van der Waals surface area contributed by atoms with Crippen molar-refractivity contribution in [2.45, 2.75) is 19.9 Å². The number of benzene rings is 1. The predicted molar refractivity (Wildman–Crippen MR) is 83.0 cm³/mol. The zero-order valence-electron chi connectivity index (χ0n) is 12.3. The van der Waals surface area contributed by atoms with E-state index in [1.807, 2.05) is 13.8 Å². The second kappa shape index (κ2) is 5.88. The number of amides is 1. The number of nitrogens with one attached hydrogen (secondary N) is 1. The van der Waals surface area contributed by atoms with Crippen LogP contribution in [0.5, 0.6) is 11.5 Å². The van der Waals surface area contributed by atoms with E-state index in [9.17, 15) is 4.79 Å². The minimum absolute atomic E-state index is 0.147. The summed E-state index contributed by atoms with van der Waals surface area (Å²) in [5, 5.41) is 7.37. The topological polar surface area (TPSA) is 65.4 Å². The zero-order chi connectivity index (χ0) is 15.7. The Morgan fingerprint density at radius 1 is 1.36 bits per heavy atom. The molecule has 0 unspecified atom stereocenters. The summed E-state index contributed by atoms with van der Waals surface area (Å²) in [6.07, 6.45) is 1.65. The molecule has 1 amide bonds. The zero-order valence-corrected chi connectivity index (χ0v) is 13.1. The van der Waals surface area contributed by atoms with Gasteiger partial charge < -0.3 is 14.8 Å². The van der Waals surface area contributed by atoms with E-state index in [1.165, 1.54) is 0 Å². The predicted octanol–water partition coefficient (Wildman–Crippen LogP) is 3.14. The number of hydrogen-bond donors (Lipinski definition) is 1. The number of anilines is 1. The van der Waals surface area contributed by atoms with E-state index in [2.05, 4.69) is 10.4 Å². The molecule has 0 bridgehead atoms. The van der Waals surface area contributed by atoms with Crippen molar-refractivity contribution in [1.82, 2.24) is 9.78 Å². The van der Waals surface area contributed by atoms with Gasteiger partial charge in [-0.15, -0.1) is 0 Å². The van der Waals surface area contributed by atoms with Crippen LogP contribution in [0.4, 0.5) is 5.82 Å². The lowest BCUT2D eigenvalue weighted by atomic mass is 10.1. The fourth-order valence-electron chi connectivity index (χ4n) is 2.26. The Bertz CT molecular complexity index is 712. The van der Waals surface area contributed by atoms with Crippen LogP contribution in [0.2, 0.25) is 5.02 Å². The average Bonchev–Trinajstić information content (AvgIpc) is 2.95. The second-order valence-corrected chi connectivity index (χ2v) is 5.60. The molecular formula is C15H16ClN3O3. The first-order valence-corrected chi connectivity index (χ1v) is 7.38. The van der Waals surface area contributed by atoms with Crippen LogP contribution >= 0.6 is 11.6 Å². The maximum absolute atomic E-state index is 12.4. The van der Waals surface area contributed by atoms with E-state index in [0.29, 0.717) is 41.1 Å². The van der Waals surface area contributed by atoms with Crippen LogP contribution in [-0.2, 0) is 0 Å². The molecule has 3 rings (SSSR count). The van der Waals surface area contributed by atoms with E-state index >= 15 is 0 Å². The monoisotopic (exact) mass is 321 g/mol. The highest BCUT2D eigenvalue weighted by Crippen LogP contribution is 2.38. The number of rotatable bonds is 3. The summed E-state index contributed by atoms with van der Waals surface area (Å²) in [6, 6.07) is 5.10. The van der Waals surface area contributed by atoms with Crippen LogP contribution in [0.1, 0.15) is 30.2 Å². The summed E-state index contributed by atoms with van der Waals surface area (Å²) >= 11 is 6.15. The van der Waals surface area contributed by atoms with Gasteiger partial charge in [-0.2, -0.15) is 5.10 Å². The fraction of sp³-hybridized carbons (Fsp3) is 0.333. The van der Waals surface area contributed by atoms with Gasteiger partial charge in [-0.05, 0) is 26.0 Å². The van der Waals surface area contributed by atoms with Crippen molar-refractivity contribution in [3.05, 3.63) is 35.0 Å². The lowest BCUT2D eigenvalue weighted by Crippen LogP contribution is -2.19. The molecule has 0 saturated carbocycles. The number of nitrogens with zero attached hydrogens (tertiary/aromatic N) is 2. The van der Waals surface area contributed by atoms with Gasteiger partial charge in [0.15, 0.2) is 11.5 Å². The molecule has 1 aliphatic heterocycles. The third kappa shape index (κ3) is 2.74. The van der Waals surface area contributed by atoms with Crippen LogP contribution < -0.4 is 14.8 Å². The van der Waals surface area contributed by atoms with Gasteiger partial charge in [-0.3, -0.25) is 4.79 Å². The molecule has 0 aliphatic carbocycles. The van der Waals surface area contributed by atoms with Gasteiger partial charge in [-0.1, -0.05) is 11.6 Å². The molecule has 0 spiro atoms. The van der Waals surface area contributed by atoms with Gasteiger partial charge in [0.1, 0.15) is 19.0 Å². The summed E-state index contributed by atoms with van der Waals surface area (Å²) in [5.41, 5.74) is 0.408. The third-order valence-electron chi connectivity index (χ3n) is 3.26. The van der Waals surface area contributed by atoms with Gasteiger partial charge in [-0.25, -0.2) is 4.68 Å². The fourth-order valence-corrected chi connectivity index (χ4v) is 2.52. The summed E-state index contributed by atoms with van der Waals surface area (Å²) in [7, 11) is 0. The molecule has 2 aromatic rings. The van der Waals surface area contributed by atoms with Gasteiger partial charge in [0, 0.05) is 17.7 Å². The number of carbonyl (C=O) groups excluding carboxylic acids is 1. The van der Waals surface area contributed by atoms with Crippen molar-refractivity contribution in [3.8, 4) is 11.5 Å². The minimum atomic E-state index is -0.277. The second-order valence-electron chi connectivity index (χ2n) is 5.19. The summed E-state index contributed by atoms with van der Waals surface area (Å²) in [4.78, 5) is 12.4. The Balaban J connectivity index is 1.86. The van der Waals surface area contributed by atoms with Crippen molar-refractivity contribution in [2.24, 2.45) is 0 Å². The largest absolute Gasteiger partial charge is 0.486 e. The smallest absolute Gasteiger partial charge is 0.257 e. The summed E-state index contributed by atoms with van der Waals surface area (Å²) < 4.78 is 12.7. The van der Waals surface area contributed by atoms with Crippen LogP contribution in [0, 0.1) is 0 Å². The Kier molecular flexibility index (Phi) is 3.94. The van der Waals surface area contributed by atoms with Crippen molar-refractivity contribution >= 4 is 23.3 Å². The van der Waals surface area contributed by atoms with E-state index in [4.69, 9.17) is 21.1 Å². The number of hydrogen-bond acceptors (Lipinski definition) is 4. The third-order valence-corrected chi connectivity index (χ3v) is 3.54. The first-order valence-electron chi connectivity index (χ1n) is 7.00. The number of halogens is 1. The number of ether oxygens (including phenoxy) is 2. The Morgan fingerprint density at radius 3 is 2.91 bits per heavy atom. The lowest BCUT2D eigenvalue weighted by Gasteiger charge is -2.20. The molecule has 0 fully saturated rings. The van der Waals surface area contributed by atoms with E-state index in [-0.39, 0.29) is 11.9 Å². The van der Waals surface area contributed by atoms with Crippen LogP contribution in [-0.4, -0.2) is 28.9 Å². The molecule has 0 saturated heterocycles. The van der Waals surface area contributed by atoms with Crippen molar-refractivity contribution in [3.63, 3.8) is 0 Å². The summed E-state index contributed by atoms with van der Waals surface area (Å²) in [6.45, 7) is 4.87. The molecule has 1 aromatic heterocycles. The molecule has 0 radical (unpaired) electrons. The molecule has 7 heteroatoms. The van der Waals surface area contributed by atoms with Gasteiger partial charge in [0.25, 0.3) is 5.91 Å². The number of carbonyl (C=O) groups is 1. The van der Waals surface area contributed by atoms with Crippen LogP contribution in [0.3, 0.4) is 0 Å². The average molecular weight is 322 g/mol. The minimum Gasteiger partial charge on any atom is -0.486 e. The van der Waals surface area contributed by atoms with Crippen molar-refractivity contribution in [1.29, 1.82) is 0 Å². The number of fused-ring (bicyclic) bond motifs is 1.